The van der Waals surface area contributed by atoms with Crippen molar-refractivity contribution >= 4 is 38.7 Å². The zero-order valence-electron chi connectivity index (χ0n) is 28.2. The fourth-order valence-corrected chi connectivity index (χ4v) is 4.26. The summed E-state index contributed by atoms with van der Waals surface area (Å²) in [7, 11) is 0.624. The molecular weight excluding hydrogens is 749 g/mol. The van der Waals surface area contributed by atoms with Gasteiger partial charge in [0.25, 0.3) is 0 Å². The molecule has 13 heteroatoms. The van der Waals surface area contributed by atoms with Gasteiger partial charge in [0.1, 0.15) is 46.6 Å². The summed E-state index contributed by atoms with van der Waals surface area (Å²) >= 11 is 2.14. The standard InChI is InChI=1S/C17H21FN2O2Si.C12H12FIN2O2.C5H10Si/c1-21-10-11-22-17-14(9-12-23(2,3)4)13-19-20(17)16-7-5-15(18)6-8-16;1-17-6-7-18-12-11(14)8-15-16(12)10-4-2-9(13)3-5-10;1-5-6(2,3)4/h5-8,13H,10-11H2,1-4H3;2-5,8H,6-7H2,1H3;1H,2-4H3. The zero-order chi connectivity index (χ0) is 35.0. The molecule has 0 N–H and O–H groups in total. The van der Waals surface area contributed by atoms with E-state index >= 15 is 0 Å². The number of rotatable bonds is 10. The van der Waals surface area contributed by atoms with Gasteiger partial charge in [0, 0.05) is 14.2 Å². The summed E-state index contributed by atoms with van der Waals surface area (Å²) in [6, 6.07) is 12.2. The summed E-state index contributed by atoms with van der Waals surface area (Å²) in [5.41, 5.74) is 8.26. The molecule has 0 atom stereocenters. The van der Waals surface area contributed by atoms with Crippen LogP contribution in [-0.2, 0) is 9.47 Å². The van der Waals surface area contributed by atoms with Gasteiger partial charge in [-0.05, 0) is 71.1 Å². The van der Waals surface area contributed by atoms with E-state index < -0.39 is 16.1 Å². The van der Waals surface area contributed by atoms with Crippen LogP contribution in [0.1, 0.15) is 5.56 Å². The zero-order valence-corrected chi connectivity index (χ0v) is 32.4. The van der Waals surface area contributed by atoms with Gasteiger partial charge in [-0.3, -0.25) is 0 Å². The van der Waals surface area contributed by atoms with E-state index in [1.807, 2.05) is 0 Å². The van der Waals surface area contributed by atoms with Crippen molar-refractivity contribution in [2.75, 3.05) is 40.6 Å². The fraction of sp³-hybridized carbons (Fsp3) is 0.353. The molecule has 0 aliphatic rings. The molecule has 0 radical (unpaired) electrons. The maximum Gasteiger partial charge on any atom is 0.232 e. The van der Waals surface area contributed by atoms with Gasteiger partial charge in [-0.25, -0.2) is 13.5 Å². The van der Waals surface area contributed by atoms with E-state index in [9.17, 15) is 8.78 Å². The first kappa shape index (κ1) is 39.7. The molecule has 47 heavy (non-hydrogen) atoms. The van der Waals surface area contributed by atoms with Crippen LogP contribution in [0.25, 0.3) is 11.4 Å². The second-order valence-electron chi connectivity index (χ2n) is 12.0. The Balaban J connectivity index is 0.000000284. The second kappa shape index (κ2) is 19.4. The number of aromatic nitrogens is 4. The van der Waals surface area contributed by atoms with Crippen LogP contribution in [0.3, 0.4) is 0 Å². The van der Waals surface area contributed by atoms with Crippen LogP contribution < -0.4 is 9.47 Å². The maximum absolute atomic E-state index is 13.1. The lowest BCUT2D eigenvalue weighted by atomic mass is 10.3. The Hall–Kier alpha value is -3.48. The highest BCUT2D eigenvalue weighted by molar-refractivity contribution is 14.1. The average Bonchev–Trinajstić information content (AvgIpc) is 3.60. The van der Waals surface area contributed by atoms with E-state index in [2.05, 4.69) is 89.1 Å². The lowest BCUT2D eigenvalue weighted by molar-refractivity contribution is 0.141. The number of ether oxygens (including phenoxy) is 4. The van der Waals surface area contributed by atoms with Crippen LogP contribution in [-0.4, -0.2) is 76.4 Å². The predicted molar refractivity (Wildman–Crippen MR) is 197 cm³/mol. The highest BCUT2D eigenvalue weighted by atomic mass is 127. The van der Waals surface area contributed by atoms with Gasteiger partial charge in [0.2, 0.25) is 11.8 Å². The first-order valence-electron chi connectivity index (χ1n) is 14.8. The third kappa shape index (κ3) is 14.4. The van der Waals surface area contributed by atoms with Crippen LogP contribution in [0.15, 0.2) is 60.9 Å². The average molecular weight is 793 g/mol. The van der Waals surface area contributed by atoms with Gasteiger partial charge in [-0.2, -0.15) is 14.9 Å². The molecule has 8 nitrogen and oxygen atoms in total. The molecule has 0 amide bonds. The Morgan fingerprint density at radius 2 is 1.13 bits per heavy atom. The van der Waals surface area contributed by atoms with Gasteiger partial charge in [-0.1, -0.05) is 45.2 Å². The summed E-state index contributed by atoms with van der Waals surface area (Å²) in [6.45, 7) is 14.8. The molecule has 0 fully saturated rings. The van der Waals surface area contributed by atoms with E-state index in [0.29, 0.717) is 38.2 Å². The molecule has 0 saturated carbocycles. The van der Waals surface area contributed by atoms with Gasteiger partial charge in [0.05, 0.1) is 40.6 Å². The molecule has 2 aromatic heterocycles. The monoisotopic (exact) mass is 792 g/mol. The number of nitrogens with zero attached hydrogens (tertiary/aromatic N) is 4. The minimum atomic E-state index is -1.51. The molecule has 0 spiro atoms. The quantitative estimate of drug-likeness (QED) is 0.0722. The molecule has 0 saturated heterocycles. The van der Waals surface area contributed by atoms with Gasteiger partial charge in [0.15, 0.2) is 0 Å². The van der Waals surface area contributed by atoms with E-state index in [4.69, 9.17) is 25.4 Å². The van der Waals surface area contributed by atoms with Crippen molar-refractivity contribution in [1.29, 1.82) is 0 Å². The van der Waals surface area contributed by atoms with Crippen molar-refractivity contribution in [2.24, 2.45) is 0 Å². The van der Waals surface area contributed by atoms with Crippen molar-refractivity contribution in [1.82, 2.24) is 19.6 Å². The Labute approximate surface area is 292 Å². The van der Waals surface area contributed by atoms with Crippen molar-refractivity contribution in [3.63, 3.8) is 0 Å². The first-order valence-corrected chi connectivity index (χ1v) is 22.8. The molecule has 2 heterocycles. The molecule has 0 aliphatic heterocycles. The summed E-state index contributed by atoms with van der Waals surface area (Å²) in [4.78, 5) is 0. The van der Waals surface area contributed by atoms with E-state index in [-0.39, 0.29) is 11.6 Å². The molecule has 2 aromatic carbocycles. The highest BCUT2D eigenvalue weighted by Crippen LogP contribution is 2.25. The summed E-state index contributed by atoms with van der Waals surface area (Å²) < 4.78 is 51.5. The lowest BCUT2D eigenvalue weighted by Gasteiger charge is -2.10. The Bertz CT molecular complexity index is 1630. The Morgan fingerprint density at radius 3 is 1.55 bits per heavy atom. The van der Waals surface area contributed by atoms with Crippen molar-refractivity contribution < 1.29 is 27.7 Å². The fourth-order valence-electron chi connectivity index (χ4n) is 3.24. The maximum atomic E-state index is 13.1. The third-order valence-corrected chi connectivity index (χ3v) is 8.09. The van der Waals surface area contributed by atoms with Crippen molar-refractivity contribution in [2.45, 2.75) is 39.3 Å². The molecule has 4 aromatic rings. The molecule has 0 unspecified atom stereocenters. The van der Waals surface area contributed by atoms with Crippen molar-refractivity contribution in [3.8, 4) is 46.6 Å². The van der Waals surface area contributed by atoms with Crippen LogP contribution in [0.5, 0.6) is 11.8 Å². The number of methoxy groups -OCH3 is 2. The molecular formula is C34H43F2IN4O4Si2. The molecule has 4 rings (SSSR count). The Morgan fingerprint density at radius 1 is 0.702 bits per heavy atom. The smallest absolute Gasteiger partial charge is 0.232 e. The van der Waals surface area contributed by atoms with Gasteiger partial charge >= 0.3 is 0 Å². The topological polar surface area (TPSA) is 72.6 Å². The summed E-state index contributed by atoms with van der Waals surface area (Å²) in [6.07, 6.45) is 8.50. The largest absolute Gasteiger partial charge is 0.474 e. The SMILES string of the molecule is C#C[Si](C)(C)C.COCCOc1c(C#C[Si](C)(C)C)cnn1-c1ccc(F)cc1.COCCOc1c(I)cnn1-c1ccc(F)cc1. The van der Waals surface area contributed by atoms with E-state index in [1.165, 1.54) is 24.3 Å². The van der Waals surface area contributed by atoms with Crippen LogP contribution in [0.2, 0.25) is 39.3 Å². The first-order chi connectivity index (χ1) is 22.2. The molecule has 0 aliphatic carbocycles. The normalized spacial score (nSPS) is 10.8. The third-order valence-electron chi connectivity index (χ3n) is 5.61. The minimum absolute atomic E-state index is 0.276. The number of hydrogen-bond donors (Lipinski definition) is 0. The summed E-state index contributed by atoms with van der Waals surface area (Å²) in [5.74, 6) is 3.80. The van der Waals surface area contributed by atoms with Gasteiger partial charge < -0.3 is 18.9 Å². The number of terminal acetylenes is 1. The predicted octanol–water partition coefficient (Wildman–Crippen LogP) is 7.40. The van der Waals surface area contributed by atoms with Crippen LogP contribution in [0, 0.1) is 38.6 Å². The second-order valence-corrected chi connectivity index (χ2v) is 22.7. The molecule has 0 bridgehead atoms. The van der Waals surface area contributed by atoms with Crippen LogP contribution in [0.4, 0.5) is 8.78 Å². The number of benzene rings is 2. The number of halogens is 3. The Kier molecular flexibility index (Phi) is 16.4. The van der Waals surface area contributed by atoms with Crippen molar-refractivity contribution in [3.05, 3.63) is 81.7 Å². The number of hydrogen-bond acceptors (Lipinski definition) is 6. The van der Waals surface area contributed by atoms with E-state index in [0.717, 1.165) is 20.5 Å². The van der Waals surface area contributed by atoms with E-state index in [1.54, 1.807) is 60.2 Å². The lowest BCUT2D eigenvalue weighted by Crippen LogP contribution is -2.16. The molecule has 252 valence electrons. The van der Waals surface area contributed by atoms with Gasteiger partial charge in [-0.15, -0.1) is 17.5 Å². The highest BCUT2D eigenvalue weighted by Gasteiger charge is 2.15. The summed E-state index contributed by atoms with van der Waals surface area (Å²) in [5, 5.41) is 8.55. The minimum Gasteiger partial charge on any atom is -0.474 e. The van der Waals surface area contributed by atoms with Crippen LogP contribution >= 0.6 is 22.6 Å².